The van der Waals surface area contributed by atoms with E-state index in [4.69, 9.17) is 9.15 Å². The summed E-state index contributed by atoms with van der Waals surface area (Å²) >= 11 is 0. The standard InChI is InChI=1S/C40H43N5O6S/c1-44(2)24-7-27-50-34-16-12-31(13-17-34)38(40(47)45-25-22-41-23-26-45)42-39(46)37-21-20-36(51-37)32-10-6-11-33(28-32)43-52(48,49)35-18-14-30(15-19-35)29-8-4-3-5-9-29/h3-6,8-21,28,38,41,43H,7,22-27H2,1-2H3,(H,42,46). The fraction of sp³-hybridized carbons (Fsp3) is 0.250. The second kappa shape index (κ2) is 16.7. The summed E-state index contributed by atoms with van der Waals surface area (Å²) in [4.78, 5) is 31.3. The molecule has 1 unspecified atom stereocenters. The van der Waals surface area contributed by atoms with E-state index >= 15 is 0 Å². The molecule has 1 fully saturated rings. The van der Waals surface area contributed by atoms with E-state index in [1.807, 2.05) is 44.4 Å². The smallest absolute Gasteiger partial charge is 0.287 e. The summed E-state index contributed by atoms with van der Waals surface area (Å²) in [7, 11) is 0.146. The predicted octanol–water partition coefficient (Wildman–Crippen LogP) is 5.65. The average molecular weight is 722 g/mol. The summed E-state index contributed by atoms with van der Waals surface area (Å²) in [6, 6.07) is 32.6. The van der Waals surface area contributed by atoms with E-state index in [0.717, 1.165) is 24.1 Å². The van der Waals surface area contributed by atoms with Gasteiger partial charge in [-0.25, -0.2) is 8.42 Å². The highest BCUT2D eigenvalue weighted by Gasteiger charge is 2.30. The molecule has 5 aromatic rings. The molecule has 1 atom stereocenters. The number of nitrogens with one attached hydrogen (secondary N) is 3. The molecule has 52 heavy (non-hydrogen) atoms. The number of benzene rings is 4. The van der Waals surface area contributed by atoms with Crippen LogP contribution in [0, 0.1) is 0 Å². The maximum atomic E-state index is 13.7. The minimum Gasteiger partial charge on any atom is -0.494 e. The van der Waals surface area contributed by atoms with Crippen LogP contribution < -0.4 is 20.1 Å². The Morgan fingerprint density at radius 3 is 2.25 bits per heavy atom. The summed E-state index contributed by atoms with van der Waals surface area (Å²) in [5, 5.41) is 6.14. The van der Waals surface area contributed by atoms with Crippen molar-refractivity contribution >= 4 is 27.5 Å². The second-order valence-electron chi connectivity index (χ2n) is 12.8. The van der Waals surface area contributed by atoms with Gasteiger partial charge in [-0.1, -0.05) is 66.7 Å². The third-order valence-corrected chi connectivity index (χ3v) is 10.1. The molecular formula is C40H43N5O6S. The third kappa shape index (κ3) is 9.26. The molecule has 3 N–H and O–H groups in total. The van der Waals surface area contributed by atoms with Crippen molar-refractivity contribution in [2.45, 2.75) is 17.4 Å². The summed E-state index contributed by atoms with van der Waals surface area (Å²) in [6.07, 6.45) is 0.879. The highest BCUT2D eigenvalue weighted by molar-refractivity contribution is 7.92. The molecule has 0 aliphatic carbocycles. The molecule has 4 aromatic carbocycles. The number of ether oxygens (including phenoxy) is 1. The SMILES string of the molecule is CN(C)CCCOc1ccc(C(NC(=O)c2ccc(-c3cccc(NS(=O)(=O)c4ccc(-c5ccccc5)cc4)c3)o2)C(=O)N2CCNCC2)cc1. The lowest BCUT2D eigenvalue weighted by molar-refractivity contribution is -0.134. The molecule has 0 bridgehead atoms. The Balaban J connectivity index is 1.14. The Bertz CT molecular complexity index is 2060. The van der Waals surface area contributed by atoms with E-state index in [2.05, 4.69) is 20.3 Å². The first kappa shape index (κ1) is 36.4. The van der Waals surface area contributed by atoms with Gasteiger partial charge in [-0.05, 0) is 85.7 Å². The fourth-order valence-corrected chi connectivity index (χ4v) is 6.96. The Labute approximate surface area is 304 Å². The van der Waals surface area contributed by atoms with Gasteiger partial charge in [0.2, 0.25) is 5.91 Å². The first-order valence-electron chi connectivity index (χ1n) is 17.2. The second-order valence-corrected chi connectivity index (χ2v) is 14.5. The van der Waals surface area contributed by atoms with Crippen LogP contribution in [-0.2, 0) is 14.8 Å². The monoisotopic (exact) mass is 721 g/mol. The van der Waals surface area contributed by atoms with E-state index in [9.17, 15) is 18.0 Å². The van der Waals surface area contributed by atoms with E-state index in [1.165, 1.54) is 6.07 Å². The Kier molecular flexibility index (Phi) is 11.7. The molecule has 0 saturated carbocycles. The number of furan rings is 1. The van der Waals surface area contributed by atoms with Crippen LogP contribution in [0.2, 0.25) is 0 Å². The van der Waals surface area contributed by atoms with Crippen LogP contribution in [0.5, 0.6) is 5.75 Å². The van der Waals surface area contributed by atoms with Gasteiger partial charge in [-0.3, -0.25) is 14.3 Å². The molecule has 0 spiro atoms. The zero-order valence-electron chi connectivity index (χ0n) is 29.2. The maximum absolute atomic E-state index is 13.7. The number of piperazine rings is 1. The molecule has 6 rings (SSSR count). The van der Waals surface area contributed by atoms with Gasteiger partial charge in [-0.15, -0.1) is 0 Å². The average Bonchev–Trinajstić information content (AvgIpc) is 3.67. The number of anilines is 1. The topological polar surface area (TPSA) is 133 Å². The molecule has 1 aromatic heterocycles. The van der Waals surface area contributed by atoms with Gasteiger partial charge in [0, 0.05) is 44.0 Å². The first-order valence-corrected chi connectivity index (χ1v) is 18.7. The highest BCUT2D eigenvalue weighted by Crippen LogP contribution is 2.28. The molecule has 0 radical (unpaired) electrons. The summed E-state index contributed by atoms with van der Waals surface area (Å²) in [5.41, 5.74) is 3.42. The number of amides is 2. The fourth-order valence-electron chi connectivity index (χ4n) is 5.91. The van der Waals surface area contributed by atoms with E-state index in [1.54, 1.807) is 83.8 Å². The lowest BCUT2D eigenvalue weighted by Gasteiger charge is -2.31. The Morgan fingerprint density at radius 2 is 1.54 bits per heavy atom. The van der Waals surface area contributed by atoms with Crippen LogP contribution in [0.25, 0.3) is 22.5 Å². The molecule has 1 aliphatic heterocycles. The summed E-state index contributed by atoms with van der Waals surface area (Å²) in [5.74, 6) is 0.288. The Morgan fingerprint density at radius 1 is 0.846 bits per heavy atom. The van der Waals surface area contributed by atoms with Crippen molar-refractivity contribution in [3.63, 3.8) is 0 Å². The highest BCUT2D eigenvalue weighted by atomic mass is 32.2. The number of rotatable bonds is 14. The van der Waals surface area contributed by atoms with Gasteiger partial charge in [0.25, 0.3) is 15.9 Å². The number of hydrogen-bond donors (Lipinski definition) is 3. The van der Waals surface area contributed by atoms with Crippen LogP contribution in [0.15, 0.2) is 125 Å². The van der Waals surface area contributed by atoms with E-state index < -0.39 is 22.0 Å². The lowest BCUT2D eigenvalue weighted by atomic mass is 10.0. The van der Waals surface area contributed by atoms with Crippen LogP contribution in [0.3, 0.4) is 0 Å². The van der Waals surface area contributed by atoms with Crippen molar-refractivity contribution < 1.29 is 27.2 Å². The van der Waals surface area contributed by atoms with Crippen molar-refractivity contribution in [2.75, 3.05) is 58.1 Å². The third-order valence-electron chi connectivity index (χ3n) is 8.68. The van der Waals surface area contributed by atoms with Crippen LogP contribution >= 0.6 is 0 Å². The van der Waals surface area contributed by atoms with E-state index in [-0.39, 0.29) is 16.6 Å². The first-order chi connectivity index (χ1) is 25.2. The minimum absolute atomic E-state index is 0.0125. The van der Waals surface area contributed by atoms with Crippen LogP contribution in [-0.4, -0.2) is 83.5 Å². The van der Waals surface area contributed by atoms with Gasteiger partial charge in [0.15, 0.2) is 5.76 Å². The zero-order valence-corrected chi connectivity index (χ0v) is 30.1. The number of hydrogen-bond acceptors (Lipinski definition) is 8. The largest absolute Gasteiger partial charge is 0.494 e. The van der Waals surface area contributed by atoms with Crippen molar-refractivity contribution in [3.05, 3.63) is 127 Å². The van der Waals surface area contributed by atoms with Crippen molar-refractivity contribution in [3.8, 4) is 28.2 Å². The van der Waals surface area contributed by atoms with Gasteiger partial charge in [0.05, 0.1) is 11.5 Å². The van der Waals surface area contributed by atoms with Crippen LogP contribution in [0.4, 0.5) is 5.69 Å². The summed E-state index contributed by atoms with van der Waals surface area (Å²) < 4.78 is 41.0. The normalized spacial score (nSPS) is 13.8. The molecule has 2 amide bonds. The molecule has 12 heteroatoms. The maximum Gasteiger partial charge on any atom is 0.287 e. The van der Waals surface area contributed by atoms with Crippen molar-refractivity contribution in [1.82, 2.24) is 20.4 Å². The van der Waals surface area contributed by atoms with Gasteiger partial charge < -0.3 is 29.6 Å². The van der Waals surface area contributed by atoms with E-state index in [0.29, 0.717) is 61.1 Å². The van der Waals surface area contributed by atoms with Gasteiger partial charge >= 0.3 is 0 Å². The molecule has 1 saturated heterocycles. The zero-order chi connectivity index (χ0) is 36.5. The number of carbonyl (C=O) groups is 2. The quantitative estimate of drug-likeness (QED) is 0.126. The number of nitrogens with zero attached hydrogens (tertiary/aromatic N) is 2. The number of carbonyl (C=O) groups excluding carboxylic acids is 2. The molecule has 11 nitrogen and oxygen atoms in total. The van der Waals surface area contributed by atoms with Gasteiger partial charge in [0.1, 0.15) is 17.6 Å². The summed E-state index contributed by atoms with van der Waals surface area (Å²) in [6.45, 7) is 3.88. The number of sulfonamides is 1. The predicted molar refractivity (Wildman–Crippen MR) is 202 cm³/mol. The molecule has 1 aliphatic rings. The molecular weight excluding hydrogens is 679 g/mol. The van der Waals surface area contributed by atoms with Gasteiger partial charge in [-0.2, -0.15) is 0 Å². The molecule has 270 valence electrons. The van der Waals surface area contributed by atoms with Crippen molar-refractivity contribution in [2.24, 2.45) is 0 Å². The lowest BCUT2D eigenvalue weighted by Crippen LogP contribution is -2.50. The molecule has 2 heterocycles. The Hall–Kier alpha value is -5.43. The minimum atomic E-state index is -3.88. The van der Waals surface area contributed by atoms with Crippen LogP contribution in [0.1, 0.15) is 28.6 Å². The van der Waals surface area contributed by atoms with Crippen molar-refractivity contribution in [1.29, 1.82) is 0 Å².